The average molecular weight is 210 g/mol. The van der Waals surface area contributed by atoms with Crippen LogP contribution >= 0.6 is 0 Å². The highest BCUT2D eigenvalue weighted by Gasteiger charge is 2.12. The predicted octanol–water partition coefficient (Wildman–Crippen LogP) is 2.14. The number of halogens is 2. The Morgan fingerprint density at radius 2 is 2.20 bits per heavy atom. The van der Waals surface area contributed by atoms with Gasteiger partial charge in [0.25, 0.3) is 0 Å². The lowest BCUT2D eigenvalue weighted by Crippen LogP contribution is -2.07. The van der Waals surface area contributed by atoms with Crippen molar-refractivity contribution in [2.24, 2.45) is 0 Å². The second-order valence-electron chi connectivity index (χ2n) is 2.63. The highest BCUT2D eigenvalue weighted by molar-refractivity contribution is 5.89. The Kier molecular flexibility index (Phi) is 3.81. The highest BCUT2D eigenvalue weighted by Crippen LogP contribution is 2.10. The van der Waals surface area contributed by atoms with Crippen molar-refractivity contribution < 1.29 is 18.3 Å². The van der Waals surface area contributed by atoms with Crippen LogP contribution in [0.5, 0.6) is 0 Å². The van der Waals surface area contributed by atoms with Crippen molar-refractivity contribution in [1.82, 2.24) is 0 Å². The molecule has 0 bridgehead atoms. The second-order valence-corrected chi connectivity index (χ2v) is 2.63. The van der Waals surface area contributed by atoms with E-state index in [1.807, 2.05) is 0 Å². The number of rotatable bonds is 2. The monoisotopic (exact) mass is 210 g/mol. The van der Waals surface area contributed by atoms with Gasteiger partial charge in [0, 0.05) is 6.07 Å². The molecule has 0 aliphatic heterocycles. The molecule has 1 aromatic rings. The van der Waals surface area contributed by atoms with Crippen molar-refractivity contribution in [3.8, 4) is 11.8 Å². The van der Waals surface area contributed by atoms with Gasteiger partial charge in [-0.3, -0.25) is 0 Å². The minimum atomic E-state index is -0.940. The minimum absolute atomic E-state index is 0.105. The Bertz CT molecular complexity index is 430. The van der Waals surface area contributed by atoms with Crippen molar-refractivity contribution in [2.45, 2.75) is 6.92 Å². The summed E-state index contributed by atoms with van der Waals surface area (Å²) in [5.74, 6) is 2.48. The van der Waals surface area contributed by atoms with Gasteiger partial charge in [0.2, 0.25) is 0 Å². The normalized spacial score (nSPS) is 9.00. The zero-order valence-corrected chi connectivity index (χ0v) is 8.01. The molecule has 1 aromatic carbocycles. The SMILES string of the molecule is CC#CCOC(=O)c1ccc(F)cc1F. The highest BCUT2D eigenvalue weighted by atomic mass is 19.1. The van der Waals surface area contributed by atoms with Crippen molar-refractivity contribution >= 4 is 5.97 Å². The zero-order chi connectivity index (χ0) is 11.3. The summed E-state index contributed by atoms with van der Waals surface area (Å²) < 4.78 is 30.2. The summed E-state index contributed by atoms with van der Waals surface area (Å²) in [6, 6.07) is 2.65. The maximum absolute atomic E-state index is 13.0. The first-order chi connectivity index (χ1) is 7.15. The van der Waals surface area contributed by atoms with E-state index in [0.29, 0.717) is 6.07 Å². The van der Waals surface area contributed by atoms with Gasteiger partial charge >= 0.3 is 5.97 Å². The Morgan fingerprint density at radius 3 is 2.80 bits per heavy atom. The number of hydrogen-bond donors (Lipinski definition) is 0. The quantitative estimate of drug-likeness (QED) is 0.552. The molecule has 0 radical (unpaired) electrons. The molecule has 0 heterocycles. The summed E-state index contributed by atoms with van der Waals surface area (Å²) in [5, 5.41) is 0. The third kappa shape index (κ3) is 3.06. The predicted molar refractivity (Wildman–Crippen MR) is 50.1 cm³/mol. The zero-order valence-electron chi connectivity index (χ0n) is 8.01. The molecule has 78 valence electrons. The van der Waals surface area contributed by atoms with Crippen LogP contribution in [0.2, 0.25) is 0 Å². The molecule has 2 nitrogen and oxygen atoms in total. The molecule has 0 saturated heterocycles. The van der Waals surface area contributed by atoms with Crippen LogP contribution in [0.1, 0.15) is 17.3 Å². The van der Waals surface area contributed by atoms with Crippen molar-refractivity contribution in [3.63, 3.8) is 0 Å². The molecule has 15 heavy (non-hydrogen) atoms. The van der Waals surface area contributed by atoms with Crippen LogP contribution in [0.4, 0.5) is 8.78 Å². The maximum Gasteiger partial charge on any atom is 0.342 e. The number of esters is 1. The van der Waals surface area contributed by atoms with Gasteiger partial charge in [-0.1, -0.05) is 5.92 Å². The van der Waals surface area contributed by atoms with Gasteiger partial charge in [-0.25, -0.2) is 13.6 Å². The van der Waals surface area contributed by atoms with Gasteiger partial charge in [0.1, 0.15) is 11.6 Å². The fraction of sp³-hybridized carbons (Fsp3) is 0.182. The fourth-order valence-electron chi connectivity index (χ4n) is 0.907. The second kappa shape index (κ2) is 5.11. The van der Waals surface area contributed by atoms with E-state index in [2.05, 4.69) is 16.6 Å². The van der Waals surface area contributed by atoms with Crippen LogP contribution in [0.3, 0.4) is 0 Å². The topological polar surface area (TPSA) is 26.3 Å². The molecule has 0 N–H and O–H groups in total. The lowest BCUT2D eigenvalue weighted by Gasteiger charge is -2.01. The van der Waals surface area contributed by atoms with Gasteiger partial charge in [-0.2, -0.15) is 0 Å². The summed E-state index contributed by atoms with van der Waals surface area (Å²) in [4.78, 5) is 11.2. The standard InChI is InChI=1S/C11H8F2O2/c1-2-3-6-15-11(14)9-5-4-8(12)7-10(9)13/h4-5,7H,6H2,1H3. The third-order valence-electron chi connectivity index (χ3n) is 1.60. The molecule has 0 saturated carbocycles. The number of carbonyl (C=O) groups excluding carboxylic acids is 1. The lowest BCUT2D eigenvalue weighted by molar-refractivity contribution is 0.0551. The van der Waals surface area contributed by atoms with Gasteiger partial charge < -0.3 is 4.74 Å². The number of benzene rings is 1. The Balaban J connectivity index is 2.76. The molecule has 0 fully saturated rings. The molecule has 0 aliphatic carbocycles. The fourth-order valence-corrected chi connectivity index (χ4v) is 0.907. The van der Waals surface area contributed by atoms with Gasteiger partial charge in [-0.15, -0.1) is 5.92 Å². The maximum atomic E-state index is 13.0. The van der Waals surface area contributed by atoms with E-state index in [0.717, 1.165) is 12.1 Å². The molecule has 4 heteroatoms. The Morgan fingerprint density at radius 1 is 1.47 bits per heavy atom. The van der Waals surface area contributed by atoms with Gasteiger partial charge in [-0.05, 0) is 19.1 Å². The smallest absolute Gasteiger partial charge is 0.342 e. The largest absolute Gasteiger partial charge is 0.449 e. The first kappa shape index (κ1) is 11.2. The molecule has 0 atom stereocenters. The number of ether oxygens (including phenoxy) is 1. The summed E-state index contributed by atoms with van der Waals surface area (Å²) >= 11 is 0. The van der Waals surface area contributed by atoms with E-state index in [4.69, 9.17) is 0 Å². The molecule has 0 spiro atoms. The molecular formula is C11H8F2O2. The Hall–Kier alpha value is -1.89. The summed E-state index contributed by atoms with van der Waals surface area (Å²) in [7, 11) is 0. The van der Waals surface area contributed by atoms with Crippen molar-refractivity contribution in [3.05, 3.63) is 35.4 Å². The minimum Gasteiger partial charge on any atom is -0.449 e. The summed E-state index contributed by atoms with van der Waals surface area (Å²) in [5.41, 5.74) is -0.297. The molecule has 1 rings (SSSR count). The van der Waals surface area contributed by atoms with Crippen LogP contribution < -0.4 is 0 Å². The third-order valence-corrected chi connectivity index (χ3v) is 1.60. The van der Waals surface area contributed by atoms with E-state index in [1.165, 1.54) is 0 Å². The summed E-state index contributed by atoms with van der Waals surface area (Å²) in [6.45, 7) is 1.48. The van der Waals surface area contributed by atoms with Crippen LogP contribution in [0.15, 0.2) is 18.2 Å². The van der Waals surface area contributed by atoms with Crippen LogP contribution in [0.25, 0.3) is 0 Å². The molecule has 0 amide bonds. The molecule has 0 unspecified atom stereocenters. The number of hydrogen-bond acceptors (Lipinski definition) is 2. The average Bonchev–Trinajstić information content (AvgIpc) is 2.17. The van der Waals surface area contributed by atoms with Crippen LogP contribution in [-0.4, -0.2) is 12.6 Å². The van der Waals surface area contributed by atoms with Crippen LogP contribution in [-0.2, 0) is 4.74 Å². The lowest BCUT2D eigenvalue weighted by atomic mass is 10.2. The van der Waals surface area contributed by atoms with E-state index in [9.17, 15) is 13.6 Å². The van der Waals surface area contributed by atoms with E-state index in [1.54, 1.807) is 6.92 Å². The summed E-state index contributed by atoms with van der Waals surface area (Å²) in [6.07, 6.45) is 0. The van der Waals surface area contributed by atoms with Crippen molar-refractivity contribution in [1.29, 1.82) is 0 Å². The molecule has 0 aliphatic rings. The Labute approximate surface area is 85.9 Å². The van der Waals surface area contributed by atoms with Crippen LogP contribution in [0, 0.1) is 23.5 Å². The van der Waals surface area contributed by atoms with E-state index >= 15 is 0 Å². The van der Waals surface area contributed by atoms with Gasteiger partial charge in [0.15, 0.2) is 6.61 Å². The van der Waals surface area contributed by atoms with Crippen molar-refractivity contribution in [2.75, 3.05) is 6.61 Å². The first-order valence-electron chi connectivity index (χ1n) is 4.17. The van der Waals surface area contributed by atoms with E-state index < -0.39 is 17.6 Å². The molecule has 0 aromatic heterocycles. The first-order valence-corrected chi connectivity index (χ1v) is 4.17. The molecular weight excluding hydrogens is 202 g/mol. The van der Waals surface area contributed by atoms with Gasteiger partial charge in [0.05, 0.1) is 5.56 Å². The van der Waals surface area contributed by atoms with E-state index in [-0.39, 0.29) is 12.2 Å². The number of carbonyl (C=O) groups is 1.